The van der Waals surface area contributed by atoms with E-state index in [9.17, 15) is 4.79 Å². The second-order valence-electron chi connectivity index (χ2n) is 6.57. The van der Waals surface area contributed by atoms with Gasteiger partial charge in [-0.1, -0.05) is 89.3 Å². The summed E-state index contributed by atoms with van der Waals surface area (Å²) in [6.07, 6.45) is 15.2. The average molecular weight is 318 g/mol. The van der Waals surface area contributed by atoms with Crippen molar-refractivity contribution in [1.82, 2.24) is 0 Å². The summed E-state index contributed by atoms with van der Waals surface area (Å²) in [6, 6.07) is 9.89. The van der Waals surface area contributed by atoms with Crippen LogP contribution in [0.15, 0.2) is 30.3 Å². The maximum Gasteiger partial charge on any atom is 0.226 e. The summed E-state index contributed by atoms with van der Waals surface area (Å²) in [6.45, 7) is 2.27. The lowest BCUT2D eigenvalue weighted by atomic mass is 10.1. The molecule has 0 saturated carbocycles. The van der Waals surface area contributed by atoms with Crippen LogP contribution in [0.3, 0.4) is 0 Å². The zero-order valence-electron chi connectivity index (χ0n) is 15.2. The van der Waals surface area contributed by atoms with Gasteiger partial charge in [0.2, 0.25) is 5.91 Å². The van der Waals surface area contributed by atoms with Crippen LogP contribution in [0.1, 0.15) is 84.0 Å². The molecule has 0 heterocycles. The van der Waals surface area contributed by atoms with Crippen LogP contribution in [0.2, 0.25) is 0 Å². The topological polar surface area (TPSA) is 20.3 Å². The summed E-state index contributed by atoms with van der Waals surface area (Å²) < 4.78 is 0. The number of amides is 1. The van der Waals surface area contributed by atoms with Crippen molar-refractivity contribution in [3.63, 3.8) is 0 Å². The molecule has 0 aromatic heterocycles. The molecule has 130 valence electrons. The van der Waals surface area contributed by atoms with E-state index in [4.69, 9.17) is 0 Å². The third kappa shape index (κ3) is 9.43. The minimum absolute atomic E-state index is 0.229. The Hall–Kier alpha value is -1.31. The molecular formula is C21H35NO. The Morgan fingerprint density at radius 1 is 0.783 bits per heavy atom. The molecule has 0 bridgehead atoms. The maximum atomic E-state index is 12.1. The number of nitrogens with zero attached hydrogens (tertiary/aromatic N) is 1. The number of hydrogen-bond donors (Lipinski definition) is 0. The Morgan fingerprint density at radius 2 is 1.26 bits per heavy atom. The largest absolute Gasteiger partial charge is 0.316 e. The second-order valence-corrected chi connectivity index (χ2v) is 6.57. The first kappa shape index (κ1) is 19.7. The van der Waals surface area contributed by atoms with Crippen LogP contribution in [-0.2, 0) is 4.79 Å². The van der Waals surface area contributed by atoms with Gasteiger partial charge in [0.05, 0.1) is 0 Å². The standard InChI is InChI=1S/C21H35NO/c1-3-4-5-6-7-8-9-10-11-12-16-19-21(23)22(2)20-17-14-13-15-18-20/h13-15,17-18H,3-12,16,19H2,1-2H3. The summed E-state index contributed by atoms with van der Waals surface area (Å²) >= 11 is 0. The SMILES string of the molecule is CCCCCCCCCCCCCC(=O)N(C)c1ccccc1. The fourth-order valence-corrected chi connectivity index (χ4v) is 2.90. The predicted octanol–water partition coefficient (Wildman–Crippen LogP) is 6.35. The molecule has 1 rings (SSSR count). The number of carbonyl (C=O) groups is 1. The van der Waals surface area contributed by atoms with Crippen LogP contribution in [0.5, 0.6) is 0 Å². The van der Waals surface area contributed by atoms with E-state index in [2.05, 4.69) is 6.92 Å². The van der Waals surface area contributed by atoms with E-state index >= 15 is 0 Å². The number of carbonyl (C=O) groups excluding carboxylic acids is 1. The van der Waals surface area contributed by atoms with Gasteiger partial charge in [-0.3, -0.25) is 4.79 Å². The number of unbranched alkanes of at least 4 members (excludes halogenated alkanes) is 10. The molecule has 0 aliphatic carbocycles. The van der Waals surface area contributed by atoms with Gasteiger partial charge in [0, 0.05) is 19.2 Å². The van der Waals surface area contributed by atoms with Crippen LogP contribution in [-0.4, -0.2) is 13.0 Å². The molecule has 0 saturated heterocycles. The highest BCUT2D eigenvalue weighted by atomic mass is 16.2. The molecule has 1 aromatic carbocycles. The molecule has 0 spiro atoms. The lowest BCUT2D eigenvalue weighted by Crippen LogP contribution is -2.25. The van der Waals surface area contributed by atoms with Crippen LogP contribution in [0.4, 0.5) is 5.69 Å². The minimum Gasteiger partial charge on any atom is -0.316 e. The molecule has 23 heavy (non-hydrogen) atoms. The Kier molecular flexibility index (Phi) is 11.3. The molecule has 0 N–H and O–H groups in total. The number of benzene rings is 1. The molecule has 1 aromatic rings. The van der Waals surface area contributed by atoms with E-state index in [0.29, 0.717) is 6.42 Å². The van der Waals surface area contributed by atoms with Gasteiger partial charge in [-0.15, -0.1) is 0 Å². The van der Waals surface area contributed by atoms with E-state index in [1.54, 1.807) is 4.90 Å². The number of hydrogen-bond acceptors (Lipinski definition) is 1. The fraction of sp³-hybridized carbons (Fsp3) is 0.667. The van der Waals surface area contributed by atoms with Crippen molar-refractivity contribution in [1.29, 1.82) is 0 Å². The van der Waals surface area contributed by atoms with Crippen molar-refractivity contribution in [2.75, 3.05) is 11.9 Å². The zero-order valence-corrected chi connectivity index (χ0v) is 15.2. The van der Waals surface area contributed by atoms with Crippen molar-refractivity contribution in [2.24, 2.45) is 0 Å². The molecule has 0 fully saturated rings. The smallest absolute Gasteiger partial charge is 0.226 e. The summed E-state index contributed by atoms with van der Waals surface area (Å²) in [5, 5.41) is 0. The molecule has 1 amide bonds. The second kappa shape index (κ2) is 13.2. The molecule has 0 atom stereocenters. The van der Waals surface area contributed by atoms with Crippen molar-refractivity contribution in [3.8, 4) is 0 Å². The predicted molar refractivity (Wildman–Crippen MR) is 101 cm³/mol. The van der Waals surface area contributed by atoms with Gasteiger partial charge >= 0.3 is 0 Å². The Labute approximate surface area is 143 Å². The van der Waals surface area contributed by atoms with Crippen molar-refractivity contribution in [2.45, 2.75) is 84.0 Å². The highest BCUT2D eigenvalue weighted by Crippen LogP contribution is 2.15. The van der Waals surface area contributed by atoms with E-state index < -0.39 is 0 Å². The first-order valence-corrected chi connectivity index (χ1v) is 9.57. The molecule has 0 radical (unpaired) electrons. The first-order chi connectivity index (χ1) is 11.3. The van der Waals surface area contributed by atoms with Gasteiger partial charge in [0.25, 0.3) is 0 Å². The quantitative estimate of drug-likeness (QED) is 0.388. The van der Waals surface area contributed by atoms with Crippen LogP contribution < -0.4 is 4.90 Å². The molecule has 0 aliphatic rings. The van der Waals surface area contributed by atoms with E-state index in [1.807, 2.05) is 37.4 Å². The Bertz CT molecular complexity index is 402. The van der Waals surface area contributed by atoms with Crippen LogP contribution in [0.25, 0.3) is 0 Å². The molecule has 0 unspecified atom stereocenters. The lowest BCUT2D eigenvalue weighted by molar-refractivity contribution is -0.118. The van der Waals surface area contributed by atoms with Gasteiger partial charge in [0.1, 0.15) is 0 Å². The van der Waals surface area contributed by atoms with Crippen molar-refractivity contribution < 1.29 is 4.79 Å². The van der Waals surface area contributed by atoms with E-state index in [0.717, 1.165) is 12.1 Å². The molecule has 2 heteroatoms. The Balaban J connectivity index is 1.95. The van der Waals surface area contributed by atoms with Gasteiger partial charge < -0.3 is 4.90 Å². The first-order valence-electron chi connectivity index (χ1n) is 9.57. The summed E-state index contributed by atoms with van der Waals surface area (Å²) in [7, 11) is 1.87. The van der Waals surface area contributed by atoms with Gasteiger partial charge in [-0.2, -0.15) is 0 Å². The molecule has 2 nitrogen and oxygen atoms in total. The summed E-state index contributed by atoms with van der Waals surface area (Å²) in [4.78, 5) is 13.9. The van der Waals surface area contributed by atoms with Crippen LogP contribution >= 0.6 is 0 Å². The van der Waals surface area contributed by atoms with Crippen molar-refractivity contribution >= 4 is 11.6 Å². The number of anilines is 1. The highest BCUT2D eigenvalue weighted by Gasteiger charge is 2.09. The van der Waals surface area contributed by atoms with Crippen LogP contribution in [0, 0.1) is 0 Å². The van der Waals surface area contributed by atoms with Gasteiger partial charge in [-0.05, 0) is 18.6 Å². The van der Waals surface area contributed by atoms with Crippen molar-refractivity contribution in [3.05, 3.63) is 30.3 Å². The third-order valence-corrected chi connectivity index (χ3v) is 4.51. The molecular weight excluding hydrogens is 282 g/mol. The zero-order chi connectivity index (χ0) is 16.8. The maximum absolute atomic E-state index is 12.1. The summed E-state index contributed by atoms with van der Waals surface area (Å²) in [5.41, 5.74) is 0.987. The summed E-state index contributed by atoms with van der Waals surface area (Å²) in [5.74, 6) is 0.229. The monoisotopic (exact) mass is 317 g/mol. The van der Waals surface area contributed by atoms with Gasteiger partial charge in [0.15, 0.2) is 0 Å². The number of rotatable bonds is 13. The third-order valence-electron chi connectivity index (χ3n) is 4.51. The average Bonchev–Trinajstić information content (AvgIpc) is 2.59. The van der Waals surface area contributed by atoms with E-state index in [1.165, 1.54) is 64.2 Å². The van der Waals surface area contributed by atoms with Gasteiger partial charge in [-0.25, -0.2) is 0 Å². The highest BCUT2D eigenvalue weighted by molar-refractivity contribution is 5.92. The minimum atomic E-state index is 0.229. The van der Waals surface area contributed by atoms with E-state index in [-0.39, 0.29) is 5.91 Å². The lowest BCUT2D eigenvalue weighted by Gasteiger charge is -2.17. The molecule has 0 aliphatic heterocycles. The normalized spacial score (nSPS) is 10.7. The Morgan fingerprint density at radius 3 is 1.78 bits per heavy atom. The number of para-hydroxylation sites is 1. The fourth-order valence-electron chi connectivity index (χ4n) is 2.90.